The molecule has 7 heteroatoms. The molecule has 154 valence electrons. The summed E-state index contributed by atoms with van der Waals surface area (Å²) in [6, 6.07) is -0.0986. The van der Waals surface area contributed by atoms with Gasteiger partial charge in [-0.15, -0.1) is 0 Å². The summed E-state index contributed by atoms with van der Waals surface area (Å²) in [6.07, 6.45) is 2.39. The zero-order valence-corrected chi connectivity index (χ0v) is 17.4. The molecule has 0 radical (unpaired) electrons. The zero-order valence-electron chi connectivity index (χ0n) is 17.4. The Balaban J connectivity index is 0. The molecule has 0 aromatic heterocycles. The number of nitrogens with one attached hydrogen (secondary N) is 1. The molecule has 2 atom stereocenters. The normalized spacial score (nSPS) is 18.8. The number of likely N-dealkylation sites (N-methyl/N-ethyl adjacent to an activating group) is 1. The van der Waals surface area contributed by atoms with Gasteiger partial charge in [-0.2, -0.15) is 0 Å². The van der Waals surface area contributed by atoms with Crippen LogP contribution in [0.25, 0.3) is 0 Å². The number of hydrogen-bond acceptors (Lipinski definition) is 5. The first-order valence-electron chi connectivity index (χ1n) is 9.45. The van der Waals surface area contributed by atoms with Crippen LogP contribution in [0.5, 0.6) is 0 Å². The summed E-state index contributed by atoms with van der Waals surface area (Å²) >= 11 is 0. The average molecular weight is 376 g/mol. The number of quaternary nitrogens is 1. The molecular formula is C19H39N2O5+. The number of amides is 1. The van der Waals surface area contributed by atoms with E-state index in [1.165, 1.54) is 6.42 Å². The van der Waals surface area contributed by atoms with E-state index < -0.39 is 6.10 Å². The lowest BCUT2D eigenvalue weighted by Gasteiger charge is -2.30. The molecule has 1 saturated heterocycles. The minimum absolute atomic E-state index is 0.0478. The average Bonchev–Trinajstić information content (AvgIpc) is 2.84. The minimum Gasteiger partial charge on any atom is -0.394 e. The van der Waals surface area contributed by atoms with Gasteiger partial charge in [0, 0.05) is 25.8 Å². The Bertz CT molecular complexity index is 424. The third kappa shape index (κ3) is 13.0. The first-order chi connectivity index (χ1) is 12.0. The topological polar surface area (TPSA) is 104 Å². The van der Waals surface area contributed by atoms with Crippen LogP contribution in [-0.2, 0) is 14.4 Å². The van der Waals surface area contributed by atoms with Gasteiger partial charge in [-0.25, -0.2) is 0 Å². The lowest BCUT2D eigenvalue weighted by atomic mass is 10.1. The van der Waals surface area contributed by atoms with Gasteiger partial charge in [-0.3, -0.25) is 9.59 Å². The van der Waals surface area contributed by atoms with Crippen LogP contribution in [0.2, 0.25) is 0 Å². The van der Waals surface area contributed by atoms with Crippen molar-refractivity contribution >= 4 is 17.5 Å². The molecular weight excluding hydrogens is 336 g/mol. The second-order valence-electron chi connectivity index (χ2n) is 7.18. The summed E-state index contributed by atoms with van der Waals surface area (Å²) in [7, 11) is 4.01. The van der Waals surface area contributed by atoms with Crippen molar-refractivity contribution in [2.75, 3.05) is 33.8 Å². The number of likely N-dealkylation sites (tertiary alicyclic amines) is 1. The fraction of sp³-hybridized carbons (Fsp3) is 0.842. The highest BCUT2D eigenvalue weighted by Crippen LogP contribution is 2.22. The smallest absolute Gasteiger partial charge is 0.220 e. The van der Waals surface area contributed by atoms with Crippen molar-refractivity contribution in [2.24, 2.45) is 0 Å². The van der Waals surface area contributed by atoms with Crippen LogP contribution in [-0.4, -0.2) is 78.1 Å². The Morgan fingerprint density at radius 3 is 2.12 bits per heavy atom. The highest BCUT2D eigenvalue weighted by Gasteiger charge is 2.41. The van der Waals surface area contributed by atoms with Gasteiger partial charge < -0.3 is 24.8 Å². The first-order valence-corrected chi connectivity index (χ1v) is 9.45. The van der Waals surface area contributed by atoms with E-state index in [4.69, 9.17) is 10.2 Å². The summed E-state index contributed by atoms with van der Waals surface area (Å²) in [6.45, 7) is 8.19. The second kappa shape index (κ2) is 14.8. The summed E-state index contributed by atoms with van der Waals surface area (Å²) in [5.74, 6) is 0.287. The van der Waals surface area contributed by atoms with Gasteiger partial charge in [0.05, 0.1) is 39.8 Å². The highest BCUT2D eigenvalue weighted by molar-refractivity contribution is 5.85. The molecule has 0 aromatic carbocycles. The molecule has 1 heterocycles. The summed E-state index contributed by atoms with van der Waals surface area (Å²) in [5, 5.41) is 20.2. The summed E-state index contributed by atoms with van der Waals surface area (Å²) in [5.41, 5.74) is 0. The molecule has 0 saturated carbocycles. The Hall–Kier alpha value is -1.31. The van der Waals surface area contributed by atoms with Crippen molar-refractivity contribution in [1.29, 1.82) is 0 Å². The Kier molecular flexibility index (Phi) is 15.3. The highest BCUT2D eigenvalue weighted by atomic mass is 16.3. The molecule has 0 spiro atoms. The molecule has 1 rings (SSSR count). The van der Waals surface area contributed by atoms with Gasteiger partial charge in [0.1, 0.15) is 11.8 Å². The van der Waals surface area contributed by atoms with Crippen molar-refractivity contribution in [3.05, 3.63) is 0 Å². The molecule has 2 unspecified atom stereocenters. The van der Waals surface area contributed by atoms with E-state index in [0.29, 0.717) is 23.7 Å². The van der Waals surface area contributed by atoms with Crippen LogP contribution in [0.3, 0.4) is 0 Å². The number of Topliss-reactive ketones (excluding diaryl/α,β-unsaturated/α-hetero) is 2. The van der Waals surface area contributed by atoms with Crippen LogP contribution in [0.15, 0.2) is 0 Å². The number of carbonyl (C=O) groups excluding carboxylic acids is 3. The largest absolute Gasteiger partial charge is 0.394 e. The van der Waals surface area contributed by atoms with E-state index >= 15 is 0 Å². The van der Waals surface area contributed by atoms with Crippen LogP contribution < -0.4 is 5.32 Å². The molecule has 26 heavy (non-hydrogen) atoms. The van der Waals surface area contributed by atoms with Crippen LogP contribution in [0, 0.1) is 0 Å². The number of aliphatic hydroxyl groups is 2. The fourth-order valence-corrected chi connectivity index (χ4v) is 2.27. The number of nitrogens with zero attached hydrogens (tertiary/aromatic N) is 1. The van der Waals surface area contributed by atoms with E-state index in [-0.39, 0.29) is 43.1 Å². The fourth-order valence-electron chi connectivity index (χ4n) is 2.27. The van der Waals surface area contributed by atoms with E-state index in [1.54, 1.807) is 6.92 Å². The SMILES string of the molecule is CCC.CCC(C)=O.C[N+]1(C)CCC(=O)C1CCC(=O)NCC(O)CO. The molecule has 0 aliphatic carbocycles. The standard InChI is InChI=1S/C12H22N2O4.C4H8O.C3H8/c1-14(2)6-5-11(17)10(14)3-4-12(18)13-7-9(16)8-15;1-3-4(2)5;1-3-2/h9-10,15-16H,3-8H2,1-2H3;3H2,1-2H3;3H2,1-2H3/p+1. The number of rotatable bonds is 7. The maximum atomic E-state index is 11.7. The molecule has 0 bridgehead atoms. The zero-order chi connectivity index (χ0) is 20.8. The molecule has 1 fully saturated rings. The minimum atomic E-state index is -0.922. The lowest BCUT2D eigenvalue weighted by molar-refractivity contribution is -0.897. The van der Waals surface area contributed by atoms with Crippen LogP contribution >= 0.6 is 0 Å². The lowest BCUT2D eigenvalue weighted by Crippen LogP contribution is -2.46. The van der Waals surface area contributed by atoms with Crippen LogP contribution in [0.4, 0.5) is 0 Å². The maximum absolute atomic E-state index is 11.7. The molecule has 0 aromatic rings. The van der Waals surface area contributed by atoms with E-state index in [2.05, 4.69) is 19.2 Å². The third-order valence-corrected chi connectivity index (χ3v) is 4.04. The number of hydrogen-bond donors (Lipinski definition) is 3. The predicted octanol–water partition coefficient (Wildman–Crippen LogP) is 1.06. The van der Waals surface area contributed by atoms with Gasteiger partial charge in [-0.1, -0.05) is 27.2 Å². The third-order valence-electron chi connectivity index (χ3n) is 4.04. The second-order valence-corrected chi connectivity index (χ2v) is 7.18. The van der Waals surface area contributed by atoms with Gasteiger partial charge >= 0.3 is 0 Å². The van der Waals surface area contributed by atoms with Gasteiger partial charge in [0.25, 0.3) is 0 Å². The number of aliphatic hydroxyl groups excluding tert-OH is 2. The quantitative estimate of drug-likeness (QED) is 0.577. The van der Waals surface area contributed by atoms with Crippen molar-refractivity contribution in [2.45, 2.75) is 71.9 Å². The molecule has 3 N–H and O–H groups in total. The van der Waals surface area contributed by atoms with Crippen molar-refractivity contribution in [3.63, 3.8) is 0 Å². The Labute approximate surface area is 158 Å². The van der Waals surface area contributed by atoms with Crippen molar-refractivity contribution in [1.82, 2.24) is 5.32 Å². The van der Waals surface area contributed by atoms with Gasteiger partial charge in [0.2, 0.25) is 5.91 Å². The predicted molar refractivity (Wildman–Crippen MR) is 103 cm³/mol. The van der Waals surface area contributed by atoms with Crippen LogP contribution in [0.1, 0.15) is 59.8 Å². The van der Waals surface area contributed by atoms with E-state index in [0.717, 1.165) is 6.54 Å². The molecule has 1 aliphatic heterocycles. The Morgan fingerprint density at radius 2 is 1.77 bits per heavy atom. The molecule has 1 aliphatic rings. The van der Waals surface area contributed by atoms with E-state index in [1.807, 2.05) is 21.0 Å². The van der Waals surface area contributed by atoms with Gasteiger partial charge in [0.15, 0.2) is 5.78 Å². The molecule has 1 amide bonds. The molecule has 7 nitrogen and oxygen atoms in total. The van der Waals surface area contributed by atoms with Crippen molar-refractivity contribution < 1.29 is 29.1 Å². The first kappa shape index (κ1) is 26.9. The monoisotopic (exact) mass is 375 g/mol. The van der Waals surface area contributed by atoms with Gasteiger partial charge in [-0.05, 0) is 6.92 Å². The summed E-state index contributed by atoms with van der Waals surface area (Å²) < 4.78 is 0.644. The van der Waals surface area contributed by atoms with Crippen molar-refractivity contribution in [3.8, 4) is 0 Å². The Morgan fingerprint density at radius 1 is 1.27 bits per heavy atom. The number of ketones is 2. The number of carbonyl (C=O) groups is 3. The van der Waals surface area contributed by atoms with E-state index in [9.17, 15) is 14.4 Å². The maximum Gasteiger partial charge on any atom is 0.220 e. The summed E-state index contributed by atoms with van der Waals surface area (Å²) in [4.78, 5) is 33.0.